The zero-order valence-electron chi connectivity index (χ0n) is 14.1. The van der Waals surface area contributed by atoms with E-state index in [1.807, 2.05) is 42.5 Å². The number of carbonyl (C=O) groups excluding carboxylic acids is 3. The molecule has 0 fully saturated rings. The fourth-order valence-electron chi connectivity index (χ4n) is 3.55. The van der Waals surface area contributed by atoms with Gasteiger partial charge in [-0.2, -0.15) is 0 Å². The molecule has 2 aromatic rings. The van der Waals surface area contributed by atoms with Gasteiger partial charge in [-0.3, -0.25) is 19.3 Å². The van der Waals surface area contributed by atoms with Gasteiger partial charge >= 0.3 is 5.97 Å². The number of carbonyl (C=O) groups is 3. The number of ether oxygens (including phenoxy) is 1. The van der Waals surface area contributed by atoms with Crippen molar-refractivity contribution in [1.29, 1.82) is 0 Å². The standard InChI is InChI=1S/C21H17NO4/c23-19-10-11-20(24)22(19)18-9-6-15-13-16(7-8-17(15)18)26-21(25)12-14-4-2-1-3-5-14/h1-5,7-8,10-11,13,18H,6,9,12H2/t18-/m0/s1. The van der Waals surface area contributed by atoms with E-state index in [-0.39, 0.29) is 30.2 Å². The summed E-state index contributed by atoms with van der Waals surface area (Å²) in [5.41, 5.74) is 2.85. The summed E-state index contributed by atoms with van der Waals surface area (Å²) in [5.74, 6) is -0.375. The highest BCUT2D eigenvalue weighted by Gasteiger charge is 2.36. The molecule has 2 amide bonds. The fourth-order valence-corrected chi connectivity index (χ4v) is 3.55. The van der Waals surface area contributed by atoms with Crippen LogP contribution in [0.25, 0.3) is 0 Å². The van der Waals surface area contributed by atoms with Crippen LogP contribution in [-0.4, -0.2) is 22.7 Å². The van der Waals surface area contributed by atoms with E-state index < -0.39 is 0 Å². The molecule has 0 aromatic heterocycles. The number of amides is 2. The van der Waals surface area contributed by atoms with Crippen molar-refractivity contribution in [2.24, 2.45) is 0 Å². The number of hydrogen-bond acceptors (Lipinski definition) is 4. The Morgan fingerprint density at radius 1 is 1.04 bits per heavy atom. The van der Waals surface area contributed by atoms with Gasteiger partial charge < -0.3 is 4.74 Å². The van der Waals surface area contributed by atoms with Crippen molar-refractivity contribution in [3.63, 3.8) is 0 Å². The van der Waals surface area contributed by atoms with E-state index in [4.69, 9.17) is 4.74 Å². The molecule has 0 bridgehead atoms. The van der Waals surface area contributed by atoms with Crippen molar-refractivity contribution in [2.75, 3.05) is 0 Å². The molecule has 0 radical (unpaired) electrons. The molecule has 1 aliphatic heterocycles. The van der Waals surface area contributed by atoms with Gasteiger partial charge in [0.2, 0.25) is 0 Å². The van der Waals surface area contributed by atoms with Crippen LogP contribution in [0.3, 0.4) is 0 Å². The molecule has 1 aliphatic carbocycles. The van der Waals surface area contributed by atoms with Gasteiger partial charge in [-0.15, -0.1) is 0 Å². The molecule has 0 N–H and O–H groups in total. The third kappa shape index (κ3) is 3.04. The molecule has 26 heavy (non-hydrogen) atoms. The lowest BCUT2D eigenvalue weighted by molar-refractivity contribution is -0.139. The third-order valence-electron chi connectivity index (χ3n) is 4.74. The van der Waals surface area contributed by atoms with Gasteiger partial charge in [0.05, 0.1) is 12.5 Å². The maximum atomic E-state index is 12.1. The molecule has 0 saturated carbocycles. The Hall–Kier alpha value is -3.21. The normalized spacial score (nSPS) is 18.3. The minimum absolute atomic E-state index is 0.211. The predicted molar refractivity (Wildman–Crippen MR) is 94.3 cm³/mol. The Labute approximate surface area is 150 Å². The van der Waals surface area contributed by atoms with E-state index in [1.165, 1.54) is 17.1 Å². The molecule has 5 heteroatoms. The van der Waals surface area contributed by atoms with Crippen LogP contribution in [0.4, 0.5) is 0 Å². The van der Waals surface area contributed by atoms with Crippen LogP contribution in [0.1, 0.15) is 29.2 Å². The quantitative estimate of drug-likeness (QED) is 0.485. The highest BCUT2D eigenvalue weighted by molar-refractivity contribution is 6.13. The van der Waals surface area contributed by atoms with E-state index in [0.29, 0.717) is 12.2 Å². The van der Waals surface area contributed by atoms with Crippen LogP contribution in [0.15, 0.2) is 60.7 Å². The smallest absolute Gasteiger partial charge is 0.315 e. The Morgan fingerprint density at radius 2 is 1.77 bits per heavy atom. The maximum absolute atomic E-state index is 12.1. The number of rotatable bonds is 4. The molecular formula is C21H17NO4. The second-order valence-electron chi connectivity index (χ2n) is 6.43. The number of nitrogens with zero attached hydrogens (tertiary/aromatic N) is 1. The van der Waals surface area contributed by atoms with Gasteiger partial charge in [0.1, 0.15) is 5.75 Å². The molecule has 4 rings (SSSR count). The van der Waals surface area contributed by atoms with Gasteiger partial charge in [0.15, 0.2) is 0 Å². The van der Waals surface area contributed by atoms with E-state index in [0.717, 1.165) is 23.1 Å². The lowest BCUT2D eigenvalue weighted by Gasteiger charge is -2.22. The number of aryl methyl sites for hydroxylation is 1. The predicted octanol–water partition coefficient (Wildman–Crippen LogP) is 2.75. The molecule has 130 valence electrons. The van der Waals surface area contributed by atoms with Gasteiger partial charge in [-0.1, -0.05) is 36.4 Å². The summed E-state index contributed by atoms with van der Waals surface area (Å²) >= 11 is 0. The first kappa shape index (κ1) is 16.3. The molecule has 1 atom stereocenters. The van der Waals surface area contributed by atoms with Crippen LogP contribution in [0, 0.1) is 0 Å². The van der Waals surface area contributed by atoms with Crippen molar-refractivity contribution in [2.45, 2.75) is 25.3 Å². The van der Waals surface area contributed by atoms with Crippen molar-refractivity contribution < 1.29 is 19.1 Å². The molecule has 0 unspecified atom stereocenters. The maximum Gasteiger partial charge on any atom is 0.315 e. The van der Waals surface area contributed by atoms with Crippen LogP contribution in [0.5, 0.6) is 5.75 Å². The molecule has 5 nitrogen and oxygen atoms in total. The second-order valence-corrected chi connectivity index (χ2v) is 6.43. The number of esters is 1. The highest BCUT2D eigenvalue weighted by Crippen LogP contribution is 2.38. The van der Waals surface area contributed by atoms with Crippen LogP contribution < -0.4 is 4.74 Å². The minimum atomic E-state index is -0.320. The Morgan fingerprint density at radius 3 is 2.50 bits per heavy atom. The molecular weight excluding hydrogens is 330 g/mol. The van der Waals surface area contributed by atoms with E-state index >= 15 is 0 Å². The van der Waals surface area contributed by atoms with E-state index in [9.17, 15) is 14.4 Å². The number of benzene rings is 2. The van der Waals surface area contributed by atoms with Crippen molar-refractivity contribution >= 4 is 17.8 Å². The van der Waals surface area contributed by atoms with Crippen LogP contribution in [-0.2, 0) is 27.2 Å². The largest absolute Gasteiger partial charge is 0.426 e. The lowest BCUT2D eigenvalue weighted by Crippen LogP contribution is -2.33. The number of hydrogen-bond donors (Lipinski definition) is 0. The number of imide groups is 1. The zero-order valence-corrected chi connectivity index (χ0v) is 14.1. The summed E-state index contributed by atoms with van der Waals surface area (Å²) in [6, 6.07) is 14.6. The van der Waals surface area contributed by atoms with Crippen molar-refractivity contribution in [3.05, 3.63) is 77.4 Å². The first-order chi connectivity index (χ1) is 12.6. The molecule has 0 spiro atoms. The monoisotopic (exact) mass is 347 g/mol. The topological polar surface area (TPSA) is 63.7 Å². The van der Waals surface area contributed by atoms with Gasteiger partial charge in [-0.25, -0.2) is 0 Å². The highest BCUT2D eigenvalue weighted by atomic mass is 16.5. The van der Waals surface area contributed by atoms with Gasteiger partial charge in [-0.05, 0) is 41.7 Å². The fraction of sp³-hybridized carbons (Fsp3) is 0.190. The minimum Gasteiger partial charge on any atom is -0.426 e. The number of fused-ring (bicyclic) bond motifs is 1. The Bertz CT molecular complexity index is 899. The zero-order chi connectivity index (χ0) is 18.1. The summed E-state index contributed by atoms with van der Waals surface area (Å²) in [7, 11) is 0. The summed E-state index contributed by atoms with van der Waals surface area (Å²) in [4.78, 5) is 37.2. The third-order valence-corrected chi connectivity index (χ3v) is 4.74. The molecule has 2 aliphatic rings. The Kier molecular flexibility index (Phi) is 4.13. The van der Waals surface area contributed by atoms with Gasteiger partial charge in [0, 0.05) is 12.2 Å². The van der Waals surface area contributed by atoms with Crippen LogP contribution in [0.2, 0.25) is 0 Å². The SMILES string of the molecule is O=C(Cc1ccccc1)Oc1ccc2c(c1)CC[C@@H]2N1C(=O)C=CC1=O. The average Bonchev–Trinajstić information content (AvgIpc) is 3.18. The first-order valence-electron chi connectivity index (χ1n) is 8.54. The first-order valence-corrected chi connectivity index (χ1v) is 8.54. The molecule has 0 saturated heterocycles. The van der Waals surface area contributed by atoms with Crippen LogP contribution >= 0.6 is 0 Å². The average molecular weight is 347 g/mol. The van der Waals surface area contributed by atoms with Crippen molar-refractivity contribution in [3.8, 4) is 5.75 Å². The van der Waals surface area contributed by atoms with E-state index in [2.05, 4.69) is 0 Å². The summed E-state index contributed by atoms with van der Waals surface area (Å²) < 4.78 is 5.45. The van der Waals surface area contributed by atoms with Gasteiger partial charge in [0.25, 0.3) is 11.8 Å². The molecule has 1 heterocycles. The van der Waals surface area contributed by atoms with Crippen molar-refractivity contribution in [1.82, 2.24) is 4.90 Å². The summed E-state index contributed by atoms with van der Waals surface area (Å²) in [6.07, 6.45) is 4.25. The summed E-state index contributed by atoms with van der Waals surface area (Å²) in [5, 5.41) is 0. The Balaban J connectivity index is 1.47. The second kappa shape index (κ2) is 6.59. The lowest BCUT2D eigenvalue weighted by atomic mass is 10.1. The molecule has 2 aromatic carbocycles. The van der Waals surface area contributed by atoms with E-state index in [1.54, 1.807) is 6.07 Å². The summed E-state index contributed by atoms with van der Waals surface area (Å²) in [6.45, 7) is 0.